The normalized spacial score (nSPS) is 10.5. The van der Waals surface area contributed by atoms with Crippen LogP contribution in [0.3, 0.4) is 0 Å². The number of carbonyl (C=O) groups excluding carboxylic acids is 2. The molecular formula is C19H27O4-. The van der Waals surface area contributed by atoms with E-state index < -0.39 is 5.97 Å². The molecule has 0 spiro atoms. The maximum absolute atomic E-state index is 11.7. The van der Waals surface area contributed by atoms with Crippen LogP contribution in [0.4, 0.5) is 0 Å². The molecule has 0 aliphatic carbocycles. The van der Waals surface area contributed by atoms with Crippen molar-refractivity contribution in [2.24, 2.45) is 0 Å². The lowest BCUT2D eigenvalue weighted by molar-refractivity contribution is -0.255. The van der Waals surface area contributed by atoms with Gasteiger partial charge in [-0.25, -0.2) is 0 Å². The second-order valence-electron chi connectivity index (χ2n) is 5.86. The Labute approximate surface area is 138 Å². The summed E-state index contributed by atoms with van der Waals surface area (Å²) in [6.07, 6.45) is 11.2. The smallest absolute Gasteiger partial charge is 0.311 e. The number of carbonyl (C=O) groups is 2. The molecule has 0 aliphatic rings. The van der Waals surface area contributed by atoms with Crippen LogP contribution in [0.15, 0.2) is 24.3 Å². The van der Waals surface area contributed by atoms with E-state index in [-0.39, 0.29) is 11.5 Å². The van der Waals surface area contributed by atoms with E-state index in [0.717, 1.165) is 12.8 Å². The summed E-state index contributed by atoms with van der Waals surface area (Å²) in [5.41, 5.74) is 0.0729. The van der Waals surface area contributed by atoms with E-state index in [2.05, 4.69) is 6.92 Å². The van der Waals surface area contributed by atoms with Crippen LogP contribution in [0.1, 0.15) is 81.5 Å². The predicted octanol–water partition coefficient (Wildman–Crippen LogP) is 3.88. The van der Waals surface area contributed by atoms with Crippen molar-refractivity contribution in [1.29, 1.82) is 0 Å². The second kappa shape index (κ2) is 11.7. The van der Waals surface area contributed by atoms with Crippen molar-refractivity contribution >= 4 is 11.9 Å². The maximum atomic E-state index is 11.7. The summed E-state index contributed by atoms with van der Waals surface area (Å²) < 4.78 is 5.17. The number of esters is 1. The first kappa shape index (κ1) is 19.2. The zero-order valence-corrected chi connectivity index (χ0v) is 14.0. The molecule has 0 saturated heterocycles. The number of carboxylic acid groups (broad SMARTS) is 1. The Bertz CT molecular complexity index is 465. The highest BCUT2D eigenvalue weighted by Gasteiger charge is 2.05. The van der Waals surface area contributed by atoms with E-state index in [1.165, 1.54) is 69.2 Å². The van der Waals surface area contributed by atoms with Gasteiger partial charge in [0.25, 0.3) is 0 Å². The zero-order chi connectivity index (χ0) is 16.9. The molecular weight excluding hydrogens is 292 g/mol. The third kappa shape index (κ3) is 9.01. The molecule has 0 amide bonds. The van der Waals surface area contributed by atoms with Crippen LogP contribution in [0, 0.1) is 0 Å². The number of benzene rings is 1. The summed E-state index contributed by atoms with van der Waals surface area (Å²) >= 11 is 0. The summed E-state index contributed by atoms with van der Waals surface area (Å²) in [5.74, 6) is -1.14. The van der Waals surface area contributed by atoms with Gasteiger partial charge in [0.2, 0.25) is 0 Å². The number of ether oxygens (including phenoxy) is 1. The van der Waals surface area contributed by atoms with Crippen LogP contribution >= 0.6 is 0 Å². The molecule has 1 aromatic rings. The summed E-state index contributed by atoms with van der Waals surface area (Å²) in [5, 5.41) is 10.6. The summed E-state index contributed by atoms with van der Waals surface area (Å²) in [4.78, 5) is 22.3. The second-order valence-corrected chi connectivity index (χ2v) is 5.86. The molecule has 0 atom stereocenters. The Balaban J connectivity index is 2.07. The molecule has 128 valence electrons. The van der Waals surface area contributed by atoms with Crippen molar-refractivity contribution in [3.05, 3.63) is 29.8 Å². The molecule has 0 radical (unpaired) electrons. The molecule has 1 aromatic carbocycles. The number of rotatable bonds is 12. The van der Waals surface area contributed by atoms with Crippen molar-refractivity contribution in [3.8, 4) is 5.75 Å². The first-order valence-corrected chi connectivity index (χ1v) is 8.65. The maximum Gasteiger partial charge on any atom is 0.311 e. The summed E-state index contributed by atoms with van der Waals surface area (Å²) in [7, 11) is 0. The van der Waals surface area contributed by atoms with E-state index in [0.29, 0.717) is 12.2 Å². The number of hydrogen-bond donors (Lipinski definition) is 0. The van der Waals surface area contributed by atoms with Crippen LogP contribution in [0.5, 0.6) is 5.75 Å². The molecule has 4 nitrogen and oxygen atoms in total. The molecule has 0 aliphatic heterocycles. The fraction of sp³-hybridized carbons (Fsp3) is 0.579. The highest BCUT2D eigenvalue weighted by molar-refractivity contribution is 5.86. The van der Waals surface area contributed by atoms with Crippen LogP contribution in [-0.2, 0) is 4.79 Å². The van der Waals surface area contributed by atoms with Crippen molar-refractivity contribution in [2.75, 3.05) is 0 Å². The van der Waals surface area contributed by atoms with Gasteiger partial charge in [0.15, 0.2) is 0 Å². The van der Waals surface area contributed by atoms with E-state index in [4.69, 9.17) is 4.74 Å². The molecule has 0 N–H and O–H groups in total. The van der Waals surface area contributed by atoms with Gasteiger partial charge in [0, 0.05) is 6.42 Å². The van der Waals surface area contributed by atoms with Gasteiger partial charge in [-0.3, -0.25) is 4.79 Å². The molecule has 0 bridgehead atoms. The van der Waals surface area contributed by atoms with Gasteiger partial charge >= 0.3 is 5.97 Å². The zero-order valence-electron chi connectivity index (χ0n) is 14.0. The van der Waals surface area contributed by atoms with Crippen LogP contribution < -0.4 is 9.84 Å². The quantitative estimate of drug-likeness (QED) is 0.333. The minimum absolute atomic E-state index is 0.0729. The first-order valence-electron chi connectivity index (χ1n) is 8.65. The van der Waals surface area contributed by atoms with Gasteiger partial charge in [0.05, 0.1) is 5.97 Å². The summed E-state index contributed by atoms with van der Waals surface area (Å²) in [6.45, 7) is 2.22. The lowest BCUT2D eigenvalue weighted by Gasteiger charge is -2.06. The Morgan fingerprint density at radius 3 is 1.91 bits per heavy atom. The van der Waals surface area contributed by atoms with Crippen LogP contribution in [0.2, 0.25) is 0 Å². The highest BCUT2D eigenvalue weighted by atomic mass is 16.5. The van der Waals surface area contributed by atoms with Crippen molar-refractivity contribution in [3.63, 3.8) is 0 Å². The third-order valence-electron chi connectivity index (χ3n) is 3.81. The molecule has 1 rings (SSSR count). The van der Waals surface area contributed by atoms with Gasteiger partial charge in [-0.15, -0.1) is 0 Å². The highest BCUT2D eigenvalue weighted by Crippen LogP contribution is 2.14. The van der Waals surface area contributed by atoms with Gasteiger partial charge < -0.3 is 14.6 Å². The van der Waals surface area contributed by atoms with E-state index in [1.807, 2.05) is 0 Å². The van der Waals surface area contributed by atoms with Gasteiger partial charge in [-0.1, -0.05) is 58.3 Å². The Kier molecular flexibility index (Phi) is 9.76. The number of unbranched alkanes of at least 4 members (excludes halogenated alkanes) is 8. The van der Waals surface area contributed by atoms with Crippen LogP contribution in [0.25, 0.3) is 0 Å². The predicted molar refractivity (Wildman–Crippen MR) is 88.3 cm³/mol. The summed E-state index contributed by atoms with van der Waals surface area (Å²) in [6, 6.07) is 5.69. The van der Waals surface area contributed by atoms with E-state index >= 15 is 0 Å². The van der Waals surface area contributed by atoms with Crippen molar-refractivity contribution in [1.82, 2.24) is 0 Å². The number of carboxylic acids is 1. The van der Waals surface area contributed by atoms with Crippen molar-refractivity contribution < 1.29 is 19.4 Å². The lowest BCUT2D eigenvalue weighted by Crippen LogP contribution is -2.22. The van der Waals surface area contributed by atoms with E-state index in [1.54, 1.807) is 0 Å². The van der Waals surface area contributed by atoms with E-state index in [9.17, 15) is 14.7 Å². The molecule has 0 unspecified atom stereocenters. The standard InChI is InChI=1S/C19H28O4/c1-2-3-4-5-6-7-8-9-10-11-18(20)23-17-14-12-16(13-15-17)19(21)22/h12-15H,2-11H2,1H3,(H,21,22)/p-1. The number of aromatic carboxylic acids is 1. The topological polar surface area (TPSA) is 66.4 Å². The fourth-order valence-electron chi connectivity index (χ4n) is 2.42. The third-order valence-corrected chi connectivity index (χ3v) is 3.81. The SMILES string of the molecule is CCCCCCCCCCCC(=O)Oc1ccc(C(=O)[O-])cc1. The first-order chi connectivity index (χ1) is 11.1. The van der Waals surface area contributed by atoms with Gasteiger partial charge in [-0.2, -0.15) is 0 Å². The Morgan fingerprint density at radius 1 is 0.870 bits per heavy atom. The average molecular weight is 319 g/mol. The average Bonchev–Trinajstić information content (AvgIpc) is 2.54. The lowest BCUT2D eigenvalue weighted by atomic mass is 10.1. The monoisotopic (exact) mass is 319 g/mol. The minimum Gasteiger partial charge on any atom is -0.545 e. The Morgan fingerprint density at radius 2 is 1.39 bits per heavy atom. The van der Waals surface area contributed by atoms with Gasteiger partial charge in [0.1, 0.15) is 5.75 Å². The molecule has 0 fully saturated rings. The Hall–Kier alpha value is -1.84. The molecule has 23 heavy (non-hydrogen) atoms. The fourth-order valence-corrected chi connectivity index (χ4v) is 2.42. The van der Waals surface area contributed by atoms with Gasteiger partial charge in [-0.05, 0) is 36.2 Å². The molecule has 0 heterocycles. The molecule has 4 heteroatoms. The molecule has 0 saturated carbocycles. The molecule has 0 aromatic heterocycles. The van der Waals surface area contributed by atoms with Crippen molar-refractivity contribution in [2.45, 2.75) is 71.1 Å². The number of hydrogen-bond acceptors (Lipinski definition) is 4. The van der Waals surface area contributed by atoms with Crippen LogP contribution in [-0.4, -0.2) is 11.9 Å². The minimum atomic E-state index is -1.24. The largest absolute Gasteiger partial charge is 0.545 e.